The topological polar surface area (TPSA) is 33.6 Å². The van der Waals surface area contributed by atoms with E-state index in [1.165, 1.54) is 5.56 Å². The van der Waals surface area contributed by atoms with Crippen LogP contribution in [0, 0.1) is 6.92 Å². The number of nitrogens with zero attached hydrogens (tertiary/aromatic N) is 1. The molecule has 3 nitrogen and oxygen atoms in total. The standard InChI is InChI=1S/C12H16N2O/c1-8-4-5-10(11(6-8)15-3)12-13-7-9(2)14-12/h4-6,9H,7H2,1-3H3,(H,13,14). The summed E-state index contributed by atoms with van der Waals surface area (Å²) in [7, 11) is 1.69. The lowest BCUT2D eigenvalue weighted by molar-refractivity contribution is 0.413. The molecule has 1 unspecified atom stereocenters. The third-order valence-corrected chi connectivity index (χ3v) is 2.52. The Kier molecular flexibility index (Phi) is 2.62. The van der Waals surface area contributed by atoms with Gasteiger partial charge in [-0.05, 0) is 31.5 Å². The van der Waals surface area contributed by atoms with Gasteiger partial charge in [-0.3, -0.25) is 4.99 Å². The molecule has 2 rings (SSSR count). The predicted octanol–water partition coefficient (Wildman–Crippen LogP) is 1.74. The molecular weight excluding hydrogens is 188 g/mol. The van der Waals surface area contributed by atoms with Crippen LogP contribution >= 0.6 is 0 Å². The van der Waals surface area contributed by atoms with E-state index in [0.717, 1.165) is 23.7 Å². The molecule has 1 aromatic carbocycles. The van der Waals surface area contributed by atoms with E-state index in [0.29, 0.717) is 6.04 Å². The van der Waals surface area contributed by atoms with Crippen LogP contribution in [-0.4, -0.2) is 25.5 Å². The minimum atomic E-state index is 0.422. The fourth-order valence-corrected chi connectivity index (χ4v) is 1.71. The summed E-state index contributed by atoms with van der Waals surface area (Å²) in [4.78, 5) is 4.45. The highest BCUT2D eigenvalue weighted by atomic mass is 16.5. The van der Waals surface area contributed by atoms with Gasteiger partial charge in [0.25, 0.3) is 0 Å². The number of rotatable bonds is 2. The lowest BCUT2D eigenvalue weighted by Gasteiger charge is -2.11. The van der Waals surface area contributed by atoms with Crippen molar-refractivity contribution in [2.45, 2.75) is 19.9 Å². The van der Waals surface area contributed by atoms with Crippen LogP contribution in [0.1, 0.15) is 18.1 Å². The third-order valence-electron chi connectivity index (χ3n) is 2.52. The Hall–Kier alpha value is -1.51. The Labute approximate surface area is 90.2 Å². The lowest BCUT2D eigenvalue weighted by atomic mass is 10.1. The number of hydrogen-bond donors (Lipinski definition) is 1. The van der Waals surface area contributed by atoms with Crippen molar-refractivity contribution in [3.05, 3.63) is 29.3 Å². The molecule has 0 saturated carbocycles. The highest BCUT2D eigenvalue weighted by Gasteiger charge is 2.17. The van der Waals surface area contributed by atoms with Crippen molar-refractivity contribution in [3.63, 3.8) is 0 Å². The van der Waals surface area contributed by atoms with Crippen LogP contribution in [0.15, 0.2) is 23.2 Å². The van der Waals surface area contributed by atoms with Crippen LogP contribution in [0.4, 0.5) is 0 Å². The smallest absolute Gasteiger partial charge is 0.132 e. The van der Waals surface area contributed by atoms with Crippen molar-refractivity contribution in [3.8, 4) is 5.75 Å². The second-order valence-corrected chi connectivity index (χ2v) is 3.94. The fourth-order valence-electron chi connectivity index (χ4n) is 1.71. The lowest BCUT2D eigenvalue weighted by Crippen LogP contribution is -2.27. The van der Waals surface area contributed by atoms with Gasteiger partial charge in [-0.1, -0.05) is 6.07 Å². The quantitative estimate of drug-likeness (QED) is 0.796. The summed E-state index contributed by atoms with van der Waals surface area (Å²) < 4.78 is 5.35. The van der Waals surface area contributed by atoms with E-state index >= 15 is 0 Å². The van der Waals surface area contributed by atoms with Gasteiger partial charge in [0.05, 0.1) is 19.2 Å². The van der Waals surface area contributed by atoms with Crippen LogP contribution < -0.4 is 10.1 Å². The first-order chi connectivity index (χ1) is 7.20. The summed E-state index contributed by atoms with van der Waals surface area (Å²) in [6.45, 7) is 5.02. The molecule has 15 heavy (non-hydrogen) atoms. The number of benzene rings is 1. The highest BCUT2D eigenvalue weighted by molar-refractivity contribution is 6.02. The third kappa shape index (κ3) is 1.96. The number of ether oxygens (including phenoxy) is 1. The van der Waals surface area contributed by atoms with Gasteiger partial charge in [-0.15, -0.1) is 0 Å². The predicted molar refractivity (Wildman–Crippen MR) is 61.7 cm³/mol. The van der Waals surface area contributed by atoms with E-state index in [1.807, 2.05) is 6.07 Å². The minimum absolute atomic E-state index is 0.422. The van der Waals surface area contributed by atoms with Gasteiger partial charge in [0.15, 0.2) is 0 Å². The monoisotopic (exact) mass is 204 g/mol. The van der Waals surface area contributed by atoms with Gasteiger partial charge in [0.2, 0.25) is 0 Å². The van der Waals surface area contributed by atoms with Crippen LogP contribution in [0.3, 0.4) is 0 Å². The molecule has 0 spiro atoms. The van der Waals surface area contributed by atoms with E-state index in [1.54, 1.807) is 7.11 Å². The molecule has 0 aliphatic carbocycles. The number of aryl methyl sites for hydroxylation is 1. The summed E-state index contributed by atoms with van der Waals surface area (Å²) in [5.74, 6) is 1.83. The van der Waals surface area contributed by atoms with Gasteiger partial charge in [-0.25, -0.2) is 0 Å². The number of amidine groups is 1. The molecule has 1 atom stereocenters. The molecule has 1 aromatic rings. The molecule has 0 fully saturated rings. The molecule has 0 aromatic heterocycles. The van der Waals surface area contributed by atoms with Gasteiger partial charge >= 0.3 is 0 Å². The van der Waals surface area contributed by atoms with Crippen molar-refractivity contribution in [1.82, 2.24) is 5.32 Å². The normalized spacial score (nSPS) is 19.7. The first-order valence-corrected chi connectivity index (χ1v) is 5.16. The Morgan fingerprint density at radius 1 is 1.47 bits per heavy atom. The van der Waals surface area contributed by atoms with Gasteiger partial charge < -0.3 is 10.1 Å². The van der Waals surface area contributed by atoms with E-state index < -0.39 is 0 Å². The molecule has 1 heterocycles. The van der Waals surface area contributed by atoms with Crippen molar-refractivity contribution in [2.24, 2.45) is 4.99 Å². The van der Waals surface area contributed by atoms with Crippen molar-refractivity contribution in [2.75, 3.05) is 13.7 Å². The summed E-state index contributed by atoms with van der Waals surface area (Å²) >= 11 is 0. The molecule has 0 saturated heterocycles. The van der Waals surface area contributed by atoms with Crippen LogP contribution in [0.2, 0.25) is 0 Å². The fraction of sp³-hybridized carbons (Fsp3) is 0.417. The van der Waals surface area contributed by atoms with E-state index in [4.69, 9.17) is 4.74 Å². The largest absolute Gasteiger partial charge is 0.496 e. The minimum Gasteiger partial charge on any atom is -0.496 e. The zero-order valence-electron chi connectivity index (χ0n) is 9.37. The van der Waals surface area contributed by atoms with Crippen molar-refractivity contribution < 1.29 is 4.74 Å². The average Bonchev–Trinajstić information content (AvgIpc) is 2.64. The zero-order valence-corrected chi connectivity index (χ0v) is 9.37. The van der Waals surface area contributed by atoms with E-state index in [2.05, 4.69) is 36.3 Å². The van der Waals surface area contributed by atoms with Crippen molar-refractivity contribution >= 4 is 5.84 Å². The average molecular weight is 204 g/mol. The van der Waals surface area contributed by atoms with Crippen LogP contribution in [0.25, 0.3) is 0 Å². The maximum atomic E-state index is 5.35. The summed E-state index contributed by atoms with van der Waals surface area (Å²) in [5.41, 5.74) is 2.25. The molecule has 0 radical (unpaired) electrons. The van der Waals surface area contributed by atoms with E-state index in [9.17, 15) is 0 Å². The highest BCUT2D eigenvalue weighted by Crippen LogP contribution is 2.21. The second-order valence-electron chi connectivity index (χ2n) is 3.94. The van der Waals surface area contributed by atoms with Gasteiger partial charge in [0.1, 0.15) is 11.6 Å². The number of aliphatic imine (C=N–C) groups is 1. The SMILES string of the molecule is COc1cc(C)ccc1C1=NCC(C)N1. The van der Waals surface area contributed by atoms with Gasteiger partial charge in [0, 0.05) is 6.04 Å². The van der Waals surface area contributed by atoms with Crippen molar-refractivity contribution in [1.29, 1.82) is 0 Å². The molecule has 80 valence electrons. The molecule has 1 aliphatic heterocycles. The number of methoxy groups -OCH3 is 1. The molecule has 1 aliphatic rings. The summed E-state index contributed by atoms with van der Waals surface area (Å²) in [6, 6.07) is 6.58. The molecule has 1 N–H and O–H groups in total. The Morgan fingerprint density at radius 3 is 2.87 bits per heavy atom. The maximum absolute atomic E-state index is 5.35. The Morgan fingerprint density at radius 2 is 2.27 bits per heavy atom. The molecular formula is C12H16N2O. The summed E-state index contributed by atoms with van der Waals surface area (Å²) in [6.07, 6.45) is 0. The summed E-state index contributed by atoms with van der Waals surface area (Å²) in [5, 5.41) is 3.33. The Balaban J connectivity index is 2.36. The number of hydrogen-bond acceptors (Lipinski definition) is 3. The van der Waals surface area contributed by atoms with E-state index in [-0.39, 0.29) is 0 Å². The first kappa shape index (κ1) is 10.0. The van der Waals surface area contributed by atoms with Crippen LogP contribution in [0.5, 0.6) is 5.75 Å². The molecule has 3 heteroatoms. The molecule has 0 amide bonds. The Bertz CT molecular complexity index is 399. The molecule has 0 bridgehead atoms. The zero-order chi connectivity index (χ0) is 10.8. The first-order valence-electron chi connectivity index (χ1n) is 5.16. The second kappa shape index (κ2) is 3.93. The van der Waals surface area contributed by atoms with Crippen LogP contribution in [-0.2, 0) is 0 Å². The van der Waals surface area contributed by atoms with Gasteiger partial charge in [-0.2, -0.15) is 0 Å². The number of nitrogens with one attached hydrogen (secondary N) is 1. The maximum Gasteiger partial charge on any atom is 0.132 e.